The molecular formula is C23H33N3O4S. The number of hydrogen-bond acceptors (Lipinski definition) is 4. The first-order chi connectivity index (χ1) is 14.8. The molecule has 0 atom stereocenters. The molecule has 0 aromatic heterocycles. The third-order valence-corrected chi connectivity index (χ3v) is 8.97. The fourth-order valence-electron chi connectivity index (χ4n) is 4.85. The molecule has 1 aromatic rings. The van der Waals surface area contributed by atoms with Crippen LogP contribution in [0.3, 0.4) is 0 Å². The predicted octanol–water partition coefficient (Wildman–Crippen LogP) is 2.69. The molecule has 2 aliphatic carbocycles. The molecule has 1 heterocycles. The summed E-state index contributed by atoms with van der Waals surface area (Å²) in [5.41, 5.74) is 1.76. The Hall–Kier alpha value is -1.93. The van der Waals surface area contributed by atoms with Gasteiger partial charge in [0, 0.05) is 43.2 Å². The van der Waals surface area contributed by atoms with Crippen molar-refractivity contribution in [3.8, 4) is 0 Å². The number of carbonyl (C=O) groups is 2. The SMILES string of the molecule is CCN(CC)S(=O)(=O)c1ccc2c(c1)CCN2C(=O)C1CCC(NC(=O)C2CC2)CC1. The molecule has 2 amide bonds. The van der Waals surface area contributed by atoms with E-state index in [-0.39, 0.29) is 29.7 Å². The number of fused-ring (bicyclic) bond motifs is 1. The molecule has 0 spiro atoms. The molecule has 3 aliphatic rings. The maximum absolute atomic E-state index is 13.2. The maximum atomic E-state index is 13.2. The number of sulfonamides is 1. The third-order valence-electron chi connectivity index (χ3n) is 6.93. The molecule has 2 saturated carbocycles. The van der Waals surface area contributed by atoms with Gasteiger partial charge in [0.1, 0.15) is 0 Å². The highest BCUT2D eigenvalue weighted by Gasteiger charge is 2.36. The lowest BCUT2D eigenvalue weighted by Crippen LogP contribution is -2.42. The molecule has 0 saturated heterocycles. The number of nitrogens with one attached hydrogen (secondary N) is 1. The second-order valence-electron chi connectivity index (χ2n) is 8.95. The van der Waals surface area contributed by atoms with Crippen LogP contribution in [-0.2, 0) is 26.0 Å². The first-order valence-corrected chi connectivity index (χ1v) is 13.0. The highest BCUT2D eigenvalue weighted by atomic mass is 32.2. The Morgan fingerprint density at radius 2 is 1.68 bits per heavy atom. The normalized spacial score (nSPS) is 23.6. The third kappa shape index (κ3) is 4.51. The topological polar surface area (TPSA) is 86.8 Å². The highest BCUT2D eigenvalue weighted by molar-refractivity contribution is 7.89. The largest absolute Gasteiger partial charge is 0.353 e. The van der Waals surface area contributed by atoms with Crippen molar-refractivity contribution in [3.63, 3.8) is 0 Å². The van der Waals surface area contributed by atoms with Crippen molar-refractivity contribution < 1.29 is 18.0 Å². The monoisotopic (exact) mass is 447 g/mol. The average molecular weight is 448 g/mol. The summed E-state index contributed by atoms with van der Waals surface area (Å²) in [6.45, 7) is 5.14. The summed E-state index contributed by atoms with van der Waals surface area (Å²) < 4.78 is 27.1. The molecule has 170 valence electrons. The van der Waals surface area contributed by atoms with Gasteiger partial charge in [-0.15, -0.1) is 0 Å². The van der Waals surface area contributed by atoms with Crippen LogP contribution in [0.1, 0.15) is 57.9 Å². The van der Waals surface area contributed by atoms with Crippen LogP contribution in [-0.4, -0.2) is 50.2 Å². The van der Waals surface area contributed by atoms with Crippen molar-refractivity contribution in [2.24, 2.45) is 11.8 Å². The van der Waals surface area contributed by atoms with Gasteiger partial charge in [-0.3, -0.25) is 9.59 Å². The van der Waals surface area contributed by atoms with Crippen LogP contribution in [0.4, 0.5) is 5.69 Å². The Labute approximate surface area is 185 Å². The summed E-state index contributed by atoms with van der Waals surface area (Å²) in [4.78, 5) is 27.3. The van der Waals surface area contributed by atoms with E-state index < -0.39 is 10.0 Å². The first kappa shape index (κ1) is 22.3. The zero-order chi connectivity index (χ0) is 22.2. The average Bonchev–Trinajstić information content (AvgIpc) is 3.54. The minimum Gasteiger partial charge on any atom is -0.353 e. The second-order valence-corrected chi connectivity index (χ2v) is 10.9. The van der Waals surface area contributed by atoms with E-state index in [0.29, 0.717) is 31.0 Å². The van der Waals surface area contributed by atoms with Crippen LogP contribution in [0.5, 0.6) is 0 Å². The number of hydrogen-bond donors (Lipinski definition) is 1. The number of nitrogens with zero attached hydrogens (tertiary/aromatic N) is 2. The smallest absolute Gasteiger partial charge is 0.243 e. The lowest BCUT2D eigenvalue weighted by Gasteiger charge is -2.31. The fourth-order valence-corrected chi connectivity index (χ4v) is 6.36. The van der Waals surface area contributed by atoms with E-state index in [0.717, 1.165) is 49.8 Å². The molecule has 2 fully saturated rings. The number of anilines is 1. The Morgan fingerprint density at radius 1 is 1.03 bits per heavy atom. The van der Waals surface area contributed by atoms with Gasteiger partial charge < -0.3 is 10.2 Å². The van der Waals surface area contributed by atoms with Crippen molar-refractivity contribution >= 4 is 27.5 Å². The van der Waals surface area contributed by atoms with Crippen LogP contribution >= 0.6 is 0 Å². The first-order valence-electron chi connectivity index (χ1n) is 11.6. The van der Waals surface area contributed by atoms with Crippen LogP contribution in [0, 0.1) is 11.8 Å². The molecule has 31 heavy (non-hydrogen) atoms. The van der Waals surface area contributed by atoms with Gasteiger partial charge in [-0.05, 0) is 68.7 Å². The van der Waals surface area contributed by atoms with Crippen LogP contribution in [0.2, 0.25) is 0 Å². The van der Waals surface area contributed by atoms with E-state index >= 15 is 0 Å². The lowest BCUT2D eigenvalue weighted by molar-refractivity contribution is -0.124. The Bertz CT molecular complexity index is 946. The van der Waals surface area contributed by atoms with Crippen molar-refractivity contribution in [3.05, 3.63) is 23.8 Å². The molecule has 0 bridgehead atoms. The minimum atomic E-state index is -3.50. The maximum Gasteiger partial charge on any atom is 0.243 e. The van der Waals surface area contributed by atoms with E-state index in [4.69, 9.17) is 0 Å². The van der Waals surface area contributed by atoms with Gasteiger partial charge in [-0.25, -0.2) is 8.42 Å². The van der Waals surface area contributed by atoms with E-state index in [1.165, 1.54) is 4.31 Å². The number of benzene rings is 1. The fraction of sp³-hybridized carbons (Fsp3) is 0.652. The van der Waals surface area contributed by atoms with Crippen LogP contribution in [0.15, 0.2) is 23.1 Å². The quantitative estimate of drug-likeness (QED) is 0.696. The molecule has 1 N–H and O–H groups in total. The highest BCUT2D eigenvalue weighted by Crippen LogP contribution is 2.35. The summed E-state index contributed by atoms with van der Waals surface area (Å²) in [5, 5.41) is 3.14. The van der Waals surface area contributed by atoms with E-state index in [2.05, 4.69) is 5.32 Å². The number of amides is 2. The minimum absolute atomic E-state index is 0.0286. The summed E-state index contributed by atoms with van der Waals surface area (Å²) >= 11 is 0. The van der Waals surface area contributed by atoms with Gasteiger partial charge in [0.25, 0.3) is 0 Å². The van der Waals surface area contributed by atoms with Gasteiger partial charge in [-0.2, -0.15) is 4.31 Å². The van der Waals surface area contributed by atoms with Crippen molar-refractivity contribution in [2.75, 3.05) is 24.5 Å². The van der Waals surface area contributed by atoms with Gasteiger partial charge >= 0.3 is 0 Å². The number of rotatable bonds is 7. The molecule has 8 heteroatoms. The molecule has 4 rings (SSSR count). The summed E-state index contributed by atoms with van der Waals surface area (Å²) in [5.74, 6) is 0.499. The van der Waals surface area contributed by atoms with Gasteiger partial charge in [0.05, 0.1) is 4.90 Å². The van der Waals surface area contributed by atoms with E-state index in [9.17, 15) is 18.0 Å². The number of carbonyl (C=O) groups excluding carboxylic acids is 2. The Balaban J connectivity index is 1.40. The van der Waals surface area contributed by atoms with Gasteiger partial charge in [-0.1, -0.05) is 13.8 Å². The molecule has 0 radical (unpaired) electrons. The molecule has 0 unspecified atom stereocenters. The Morgan fingerprint density at radius 3 is 2.29 bits per heavy atom. The zero-order valence-corrected chi connectivity index (χ0v) is 19.3. The van der Waals surface area contributed by atoms with Crippen molar-refractivity contribution in [1.29, 1.82) is 0 Å². The second kappa shape index (κ2) is 8.90. The Kier molecular flexibility index (Phi) is 6.40. The molecule has 1 aromatic carbocycles. The summed E-state index contributed by atoms with van der Waals surface area (Å²) in [6, 6.07) is 5.34. The van der Waals surface area contributed by atoms with Crippen molar-refractivity contribution in [1.82, 2.24) is 9.62 Å². The van der Waals surface area contributed by atoms with Gasteiger partial charge in [0.15, 0.2) is 0 Å². The lowest BCUT2D eigenvalue weighted by atomic mass is 9.85. The van der Waals surface area contributed by atoms with Gasteiger partial charge in [0.2, 0.25) is 21.8 Å². The summed E-state index contributed by atoms with van der Waals surface area (Å²) in [7, 11) is -3.50. The van der Waals surface area contributed by atoms with Crippen molar-refractivity contribution in [2.45, 2.75) is 69.7 Å². The van der Waals surface area contributed by atoms with Crippen LogP contribution in [0.25, 0.3) is 0 Å². The summed E-state index contributed by atoms with van der Waals surface area (Å²) in [6.07, 6.45) is 5.95. The predicted molar refractivity (Wildman–Crippen MR) is 119 cm³/mol. The zero-order valence-electron chi connectivity index (χ0n) is 18.5. The molecule has 1 aliphatic heterocycles. The standard InChI is InChI=1S/C23H33N3O4S/c1-3-25(4-2)31(29,30)20-11-12-21-18(15-20)13-14-26(21)23(28)17-7-9-19(10-8-17)24-22(27)16-5-6-16/h11-12,15-17,19H,3-10,13-14H2,1-2H3,(H,24,27). The van der Waals surface area contributed by atoms with E-state index in [1.54, 1.807) is 18.2 Å². The molecular weight excluding hydrogens is 414 g/mol. The van der Waals surface area contributed by atoms with E-state index in [1.807, 2.05) is 18.7 Å². The molecule has 7 nitrogen and oxygen atoms in total. The van der Waals surface area contributed by atoms with Crippen LogP contribution < -0.4 is 10.2 Å².